The number of carbonyl (C=O) groups is 2. The average molecular weight is 417 g/mol. The van der Waals surface area contributed by atoms with E-state index in [-0.39, 0.29) is 30.5 Å². The van der Waals surface area contributed by atoms with E-state index in [2.05, 4.69) is 0 Å². The molecule has 0 unspecified atom stereocenters. The Bertz CT molecular complexity index is 827. The van der Waals surface area contributed by atoms with E-state index in [0.717, 1.165) is 38.1 Å². The summed E-state index contributed by atoms with van der Waals surface area (Å²) in [4.78, 5) is 29.7. The molecule has 1 atom stereocenters. The van der Waals surface area contributed by atoms with Crippen LogP contribution in [0.1, 0.15) is 41.8 Å². The van der Waals surface area contributed by atoms with Gasteiger partial charge in [0, 0.05) is 29.8 Å². The third kappa shape index (κ3) is 5.19. The normalized spacial score (nSPS) is 18.6. The Labute approximate surface area is 175 Å². The van der Waals surface area contributed by atoms with Crippen molar-refractivity contribution in [3.05, 3.63) is 59.0 Å². The number of benzene rings is 1. The van der Waals surface area contributed by atoms with Gasteiger partial charge in [-0.25, -0.2) is 0 Å². The second-order valence-corrected chi connectivity index (χ2v) is 8.10. The standard InChI is InChI=1S/C22H25ClN2O4/c23-17-7-5-16(6-8-17)22(27)25(18-9-10-18)15-21(26)24(13-19-3-1-11-28-19)14-20-4-2-12-29-20/h1,3,5-8,11,18,20H,2,4,9-10,12-15H2/t20-/m1/s1. The number of amides is 2. The van der Waals surface area contributed by atoms with Crippen LogP contribution in [0.5, 0.6) is 0 Å². The zero-order valence-corrected chi connectivity index (χ0v) is 17.0. The van der Waals surface area contributed by atoms with Gasteiger partial charge in [-0.05, 0) is 62.1 Å². The van der Waals surface area contributed by atoms with Gasteiger partial charge in [-0.2, -0.15) is 0 Å². The molecule has 0 radical (unpaired) electrons. The molecule has 6 nitrogen and oxygen atoms in total. The molecule has 7 heteroatoms. The minimum Gasteiger partial charge on any atom is -0.467 e. The van der Waals surface area contributed by atoms with Crippen LogP contribution >= 0.6 is 11.6 Å². The van der Waals surface area contributed by atoms with Gasteiger partial charge in [-0.15, -0.1) is 0 Å². The van der Waals surface area contributed by atoms with Crippen LogP contribution in [0.4, 0.5) is 0 Å². The number of hydrogen-bond donors (Lipinski definition) is 0. The zero-order chi connectivity index (χ0) is 20.2. The average Bonchev–Trinajstić information content (AvgIpc) is 3.18. The lowest BCUT2D eigenvalue weighted by molar-refractivity contribution is -0.134. The molecule has 2 heterocycles. The van der Waals surface area contributed by atoms with E-state index >= 15 is 0 Å². The van der Waals surface area contributed by atoms with Crippen molar-refractivity contribution in [1.82, 2.24) is 9.80 Å². The molecule has 29 heavy (non-hydrogen) atoms. The fourth-order valence-electron chi connectivity index (χ4n) is 3.64. The first-order valence-electron chi connectivity index (χ1n) is 10.1. The van der Waals surface area contributed by atoms with E-state index in [1.165, 1.54) is 0 Å². The number of halogens is 1. The molecule has 1 saturated carbocycles. The van der Waals surface area contributed by atoms with Gasteiger partial charge in [-0.1, -0.05) is 11.6 Å². The molecule has 1 saturated heterocycles. The monoisotopic (exact) mass is 416 g/mol. The maximum Gasteiger partial charge on any atom is 0.254 e. The fourth-order valence-corrected chi connectivity index (χ4v) is 3.76. The van der Waals surface area contributed by atoms with Gasteiger partial charge in [0.15, 0.2) is 0 Å². The number of rotatable bonds is 8. The molecule has 2 aromatic rings. The summed E-state index contributed by atoms with van der Waals surface area (Å²) in [6.45, 7) is 1.67. The van der Waals surface area contributed by atoms with Gasteiger partial charge >= 0.3 is 0 Å². The number of hydrogen-bond acceptors (Lipinski definition) is 4. The predicted molar refractivity (Wildman–Crippen MR) is 109 cm³/mol. The van der Waals surface area contributed by atoms with Crippen molar-refractivity contribution in [1.29, 1.82) is 0 Å². The van der Waals surface area contributed by atoms with Crippen molar-refractivity contribution in [3.8, 4) is 0 Å². The van der Waals surface area contributed by atoms with E-state index in [9.17, 15) is 9.59 Å². The van der Waals surface area contributed by atoms with Crippen molar-refractivity contribution in [2.24, 2.45) is 0 Å². The van der Waals surface area contributed by atoms with Crippen molar-refractivity contribution < 1.29 is 18.7 Å². The molecule has 2 fully saturated rings. The highest BCUT2D eigenvalue weighted by atomic mass is 35.5. The van der Waals surface area contributed by atoms with Crippen LogP contribution in [-0.2, 0) is 16.1 Å². The van der Waals surface area contributed by atoms with E-state index in [1.807, 2.05) is 12.1 Å². The molecule has 4 rings (SSSR count). The van der Waals surface area contributed by atoms with E-state index in [0.29, 0.717) is 23.7 Å². The van der Waals surface area contributed by atoms with Crippen molar-refractivity contribution >= 4 is 23.4 Å². The first kappa shape index (κ1) is 20.0. The highest BCUT2D eigenvalue weighted by Crippen LogP contribution is 2.29. The largest absolute Gasteiger partial charge is 0.467 e. The third-order valence-corrected chi connectivity index (χ3v) is 5.62. The van der Waals surface area contributed by atoms with Gasteiger partial charge in [0.2, 0.25) is 5.91 Å². The van der Waals surface area contributed by atoms with Crippen LogP contribution in [0, 0.1) is 0 Å². The summed E-state index contributed by atoms with van der Waals surface area (Å²) in [5.74, 6) is 0.497. The molecule has 1 aliphatic heterocycles. The summed E-state index contributed by atoms with van der Waals surface area (Å²) in [6, 6.07) is 10.6. The number of nitrogens with zero attached hydrogens (tertiary/aromatic N) is 2. The van der Waals surface area contributed by atoms with Crippen LogP contribution in [0.25, 0.3) is 0 Å². The number of carbonyl (C=O) groups excluding carboxylic acids is 2. The summed E-state index contributed by atoms with van der Waals surface area (Å²) in [6.07, 6.45) is 5.45. The van der Waals surface area contributed by atoms with E-state index in [1.54, 1.807) is 40.3 Å². The van der Waals surface area contributed by atoms with Crippen molar-refractivity contribution in [3.63, 3.8) is 0 Å². The van der Waals surface area contributed by atoms with Crippen LogP contribution in [0.3, 0.4) is 0 Å². The first-order chi connectivity index (χ1) is 14.1. The molecular weight excluding hydrogens is 392 g/mol. The van der Waals surface area contributed by atoms with Gasteiger partial charge in [-0.3, -0.25) is 9.59 Å². The Hall–Kier alpha value is -2.31. The molecule has 1 aromatic carbocycles. The molecule has 2 amide bonds. The lowest BCUT2D eigenvalue weighted by Crippen LogP contribution is -2.45. The smallest absolute Gasteiger partial charge is 0.254 e. The first-order valence-corrected chi connectivity index (χ1v) is 10.5. The summed E-state index contributed by atoms with van der Waals surface area (Å²) in [5.41, 5.74) is 0.547. The number of ether oxygens (including phenoxy) is 1. The fraction of sp³-hybridized carbons (Fsp3) is 0.455. The second kappa shape index (κ2) is 9.01. The van der Waals surface area contributed by atoms with E-state index < -0.39 is 0 Å². The summed E-state index contributed by atoms with van der Waals surface area (Å²) in [5, 5.41) is 0.580. The zero-order valence-electron chi connectivity index (χ0n) is 16.3. The third-order valence-electron chi connectivity index (χ3n) is 5.37. The minimum absolute atomic E-state index is 0.0373. The molecule has 2 aliphatic rings. The summed E-state index contributed by atoms with van der Waals surface area (Å²) >= 11 is 5.94. The number of furan rings is 1. The molecule has 0 N–H and O–H groups in total. The minimum atomic E-state index is -0.132. The Morgan fingerprint density at radius 2 is 1.90 bits per heavy atom. The Balaban J connectivity index is 1.47. The van der Waals surface area contributed by atoms with Crippen LogP contribution in [-0.4, -0.2) is 53.5 Å². The Morgan fingerprint density at radius 3 is 2.52 bits per heavy atom. The molecule has 1 aliphatic carbocycles. The SMILES string of the molecule is O=C(CN(C(=O)c1ccc(Cl)cc1)C1CC1)N(Cc1ccco1)C[C@H]1CCCO1. The summed E-state index contributed by atoms with van der Waals surface area (Å²) in [7, 11) is 0. The second-order valence-electron chi connectivity index (χ2n) is 7.66. The summed E-state index contributed by atoms with van der Waals surface area (Å²) < 4.78 is 11.2. The van der Waals surface area contributed by atoms with Crippen molar-refractivity contribution in [2.45, 2.75) is 44.4 Å². The van der Waals surface area contributed by atoms with Crippen LogP contribution in [0.2, 0.25) is 5.02 Å². The van der Waals surface area contributed by atoms with E-state index in [4.69, 9.17) is 20.8 Å². The van der Waals surface area contributed by atoms with Gasteiger partial charge < -0.3 is 19.0 Å². The highest BCUT2D eigenvalue weighted by Gasteiger charge is 2.36. The Morgan fingerprint density at radius 1 is 1.10 bits per heavy atom. The molecule has 0 spiro atoms. The van der Waals surface area contributed by atoms with Crippen LogP contribution in [0.15, 0.2) is 47.1 Å². The lowest BCUT2D eigenvalue weighted by Gasteiger charge is -2.29. The Kier molecular flexibility index (Phi) is 6.21. The van der Waals surface area contributed by atoms with Gasteiger partial charge in [0.1, 0.15) is 12.3 Å². The van der Waals surface area contributed by atoms with Crippen molar-refractivity contribution in [2.75, 3.05) is 19.7 Å². The maximum atomic E-state index is 13.2. The maximum absolute atomic E-state index is 13.2. The molecule has 154 valence electrons. The van der Waals surface area contributed by atoms with Crippen LogP contribution < -0.4 is 0 Å². The quantitative estimate of drug-likeness (QED) is 0.657. The molecule has 0 bridgehead atoms. The highest BCUT2D eigenvalue weighted by molar-refractivity contribution is 6.30. The lowest BCUT2D eigenvalue weighted by atomic mass is 10.2. The molecule has 1 aromatic heterocycles. The topological polar surface area (TPSA) is 63.0 Å². The predicted octanol–water partition coefficient (Wildman–Crippen LogP) is 3.75. The van der Waals surface area contributed by atoms with Gasteiger partial charge in [0.25, 0.3) is 5.91 Å². The molecular formula is C22H25ClN2O4. The van der Waals surface area contributed by atoms with Gasteiger partial charge in [0.05, 0.1) is 18.9 Å².